The highest BCUT2D eigenvalue weighted by Gasteiger charge is 2.60. The monoisotopic (exact) mass is 416 g/mol. The molecule has 2 aliphatic rings. The molecule has 3 atom stereocenters. The lowest BCUT2D eigenvalue weighted by Crippen LogP contribution is -2.37. The summed E-state index contributed by atoms with van der Waals surface area (Å²) < 4.78 is 0. The first kappa shape index (κ1) is 18.9. The molecular formula is C24H20N2O3S. The molecule has 2 aliphatic heterocycles. The molecule has 6 heteroatoms. The van der Waals surface area contributed by atoms with E-state index < -0.39 is 18.1 Å². The highest BCUT2D eigenvalue weighted by Crippen LogP contribution is 2.47. The minimum Gasteiger partial charge on any atom is -0.273 e. The Morgan fingerprint density at radius 3 is 1.97 bits per heavy atom. The van der Waals surface area contributed by atoms with Crippen molar-refractivity contribution in [2.24, 2.45) is 5.92 Å². The van der Waals surface area contributed by atoms with Gasteiger partial charge in [-0.05, 0) is 48.2 Å². The van der Waals surface area contributed by atoms with Crippen molar-refractivity contribution >= 4 is 35.0 Å². The molecule has 30 heavy (non-hydrogen) atoms. The summed E-state index contributed by atoms with van der Waals surface area (Å²) in [6, 6.07) is 26.4. The largest absolute Gasteiger partial charge is 0.273 e. The molecule has 5 rings (SSSR count). The van der Waals surface area contributed by atoms with Crippen LogP contribution >= 0.6 is 11.8 Å². The van der Waals surface area contributed by atoms with Crippen molar-refractivity contribution in [1.29, 1.82) is 0 Å². The molecule has 0 aromatic heterocycles. The summed E-state index contributed by atoms with van der Waals surface area (Å²) in [7, 11) is 0. The van der Waals surface area contributed by atoms with E-state index in [9.17, 15) is 9.59 Å². The SMILES string of the molecule is CSc1ccc([C@@H]2[C@H]3C(=O)N(c4ccccc4)C(=O)[C@H]3ON2c2ccccc2)cc1. The van der Waals surface area contributed by atoms with Gasteiger partial charge >= 0.3 is 0 Å². The topological polar surface area (TPSA) is 49.9 Å². The molecule has 0 bridgehead atoms. The van der Waals surface area contributed by atoms with Crippen LogP contribution in [-0.4, -0.2) is 24.2 Å². The van der Waals surface area contributed by atoms with Crippen molar-refractivity contribution < 1.29 is 14.4 Å². The molecule has 0 unspecified atom stereocenters. The molecule has 0 spiro atoms. The van der Waals surface area contributed by atoms with Crippen LogP contribution in [0.25, 0.3) is 0 Å². The fraction of sp³-hybridized carbons (Fsp3) is 0.167. The Balaban J connectivity index is 1.58. The minimum atomic E-state index is -0.844. The van der Waals surface area contributed by atoms with E-state index in [1.54, 1.807) is 29.0 Å². The summed E-state index contributed by atoms with van der Waals surface area (Å²) in [4.78, 5) is 35.2. The zero-order chi connectivity index (χ0) is 20.7. The maximum absolute atomic E-state index is 13.5. The first-order valence-electron chi connectivity index (χ1n) is 9.77. The van der Waals surface area contributed by atoms with E-state index >= 15 is 0 Å². The van der Waals surface area contributed by atoms with Gasteiger partial charge in [0, 0.05) is 4.90 Å². The molecule has 3 aromatic rings. The van der Waals surface area contributed by atoms with Crippen molar-refractivity contribution in [3.8, 4) is 0 Å². The number of para-hydroxylation sites is 2. The predicted molar refractivity (Wildman–Crippen MR) is 117 cm³/mol. The first-order chi connectivity index (χ1) is 14.7. The van der Waals surface area contributed by atoms with Crippen LogP contribution in [0.5, 0.6) is 0 Å². The van der Waals surface area contributed by atoms with E-state index in [4.69, 9.17) is 4.84 Å². The Hall–Kier alpha value is -3.09. The molecule has 2 fully saturated rings. The number of amides is 2. The van der Waals surface area contributed by atoms with E-state index in [-0.39, 0.29) is 11.8 Å². The fourth-order valence-electron chi connectivity index (χ4n) is 4.18. The maximum Gasteiger partial charge on any atom is 0.266 e. The molecule has 150 valence electrons. The van der Waals surface area contributed by atoms with Gasteiger partial charge in [0.05, 0.1) is 17.4 Å². The van der Waals surface area contributed by atoms with E-state index in [1.165, 1.54) is 4.90 Å². The molecule has 5 nitrogen and oxygen atoms in total. The van der Waals surface area contributed by atoms with Gasteiger partial charge in [-0.2, -0.15) is 0 Å². The van der Waals surface area contributed by atoms with Gasteiger partial charge in [0.15, 0.2) is 6.10 Å². The molecule has 2 saturated heterocycles. The summed E-state index contributed by atoms with van der Waals surface area (Å²) >= 11 is 1.66. The third kappa shape index (κ3) is 3.00. The number of fused-ring (bicyclic) bond motifs is 1. The van der Waals surface area contributed by atoms with Crippen LogP contribution in [0.1, 0.15) is 11.6 Å². The lowest BCUT2D eigenvalue weighted by atomic mass is 9.90. The Kier molecular flexibility index (Phi) is 4.81. The number of thioether (sulfide) groups is 1. The number of anilines is 2. The second-order valence-corrected chi connectivity index (χ2v) is 8.16. The summed E-state index contributed by atoms with van der Waals surface area (Å²) in [5, 5.41) is 1.72. The Morgan fingerprint density at radius 1 is 0.767 bits per heavy atom. The number of benzene rings is 3. The predicted octanol–water partition coefficient (Wildman–Crippen LogP) is 4.46. The van der Waals surface area contributed by atoms with Gasteiger partial charge in [-0.25, -0.2) is 9.96 Å². The number of carbonyl (C=O) groups excluding carboxylic acids is 2. The van der Waals surface area contributed by atoms with E-state index in [2.05, 4.69) is 0 Å². The van der Waals surface area contributed by atoms with E-state index in [0.29, 0.717) is 5.69 Å². The number of hydroxylamine groups is 1. The third-order valence-electron chi connectivity index (χ3n) is 5.60. The van der Waals surface area contributed by atoms with Gasteiger partial charge in [0.1, 0.15) is 5.92 Å². The van der Waals surface area contributed by atoms with Crippen molar-refractivity contribution in [1.82, 2.24) is 0 Å². The maximum atomic E-state index is 13.5. The molecule has 0 N–H and O–H groups in total. The van der Waals surface area contributed by atoms with Crippen LogP contribution in [0.2, 0.25) is 0 Å². The van der Waals surface area contributed by atoms with E-state index in [1.807, 2.05) is 79.1 Å². The molecule has 0 saturated carbocycles. The number of rotatable bonds is 4. The number of carbonyl (C=O) groups is 2. The first-order valence-corrected chi connectivity index (χ1v) is 11.0. The number of hydrogen-bond acceptors (Lipinski definition) is 5. The zero-order valence-corrected chi connectivity index (χ0v) is 17.2. The van der Waals surface area contributed by atoms with E-state index in [0.717, 1.165) is 16.1 Å². The lowest BCUT2D eigenvalue weighted by Gasteiger charge is -2.28. The summed E-state index contributed by atoms with van der Waals surface area (Å²) in [5.74, 6) is -1.16. The Morgan fingerprint density at radius 2 is 1.37 bits per heavy atom. The molecule has 2 amide bonds. The normalized spacial score (nSPS) is 23.2. The molecule has 3 aromatic carbocycles. The van der Waals surface area contributed by atoms with Crippen molar-refractivity contribution in [2.75, 3.05) is 16.2 Å². The van der Waals surface area contributed by atoms with Gasteiger partial charge in [0.2, 0.25) is 5.91 Å². The van der Waals surface area contributed by atoms with Crippen LogP contribution in [0, 0.1) is 5.92 Å². The lowest BCUT2D eigenvalue weighted by molar-refractivity contribution is -0.126. The third-order valence-corrected chi connectivity index (χ3v) is 6.34. The van der Waals surface area contributed by atoms with Crippen molar-refractivity contribution in [2.45, 2.75) is 17.0 Å². The standard InChI is InChI=1S/C24H20N2O3S/c1-30-19-14-12-16(13-15-19)21-20-22(29-26(21)18-10-6-3-7-11-18)24(28)25(23(20)27)17-8-4-2-5-9-17/h2-15,20-22H,1H3/t20-,21-,22+/m1/s1. The quantitative estimate of drug-likeness (QED) is 0.464. The second-order valence-electron chi connectivity index (χ2n) is 7.28. The zero-order valence-electron chi connectivity index (χ0n) is 16.3. The summed E-state index contributed by atoms with van der Waals surface area (Å²) in [6.07, 6.45) is 1.18. The highest BCUT2D eigenvalue weighted by molar-refractivity contribution is 7.98. The van der Waals surface area contributed by atoms with Gasteiger partial charge in [-0.1, -0.05) is 48.5 Å². The molecule has 0 radical (unpaired) electrons. The highest BCUT2D eigenvalue weighted by atomic mass is 32.2. The van der Waals surface area contributed by atoms with Crippen LogP contribution in [-0.2, 0) is 14.4 Å². The summed E-state index contributed by atoms with van der Waals surface area (Å²) in [6.45, 7) is 0. The van der Waals surface area contributed by atoms with Crippen molar-refractivity contribution in [3.63, 3.8) is 0 Å². The molecule has 2 heterocycles. The minimum absolute atomic E-state index is 0.228. The van der Waals surface area contributed by atoms with Crippen LogP contribution < -0.4 is 9.96 Å². The van der Waals surface area contributed by atoms with Gasteiger partial charge in [-0.15, -0.1) is 11.8 Å². The van der Waals surface area contributed by atoms with Crippen LogP contribution in [0.3, 0.4) is 0 Å². The average Bonchev–Trinajstić information content (AvgIpc) is 3.31. The Bertz CT molecular complexity index is 1070. The molecule has 0 aliphatic carbocycles. The van der Waals surface area contributed by atoms with Gasteiger partial charge in [0.25, 0.3) is 5.91 Å². The Labute approximate surface area is 179 Å². The number of nitrogens with zero attached hydrogens (tertiary/aromatic N) is 2. The second kappa shape index (κ2) is 7.63. The van der Waals surface area contributed by atoms with Crippen molar-refractivity contribution in [3.05, 3.63) is 90.5 Å². The fourth-order valence-corrected chi connectivity index (χ4v) is 4.59. The van der Waals surface area contributed by atoms with Gasteiger partial charge in [-0.3, -0.25) is 14.4 Å². The van der Waals surface area contributed by atoms with Crippen LogP contribution in [0.15, 0.2) is 89.8 Å². The smallest absolute Gasteiger partial charge is 0.266 e. The van der Waals surface area contributed by atoms with Gasteiger partial charge < -0.3 is 0 Å². The number of hydrogen-bond donors (Lipinski definition) is 0. The molecular weight excluding hydrogens is 396 g/mol. The van der Waals surface area contributed by atoms with Crippen LogP contribution in [0.4, 0.5) is 11.4 Å². The average molecular weight is 417 g/mol. The summed E-state index contributed by atoms with van der Waals surface area (Å²) in [5.41, 5.74) is 2.34. The number of imide groups is 1.